The lowest BCUT2D eigenvalue weighted by atomic mass is 10.1. The molecule has 8 heteroatoms. The number of amides is 1. The zero-order valence-electron chi connectivity index (χ0n) is 13.4. The predicted octanol–water partition coefficient (Wildman–Crippen LogP) is 4.77. The van der Waals surface area contributed by atoms with Gasteiger partial charge >= 0.3 is 6.18 Å². The number of aromatic nitrogens is 1. The van der Waals surface area contributed by atoms with E-state index in [1.54, 1.807) is 12.1 Å². The summed E-state index contributed by atoms with van der Waals surface area (Å²) in [7, 11) is 0. The smallest absolute Gasteiger partial charge is 0.397 e. The van der Waals surface area contributed by atoms with Crippen molar-refractivity contribution in [3.63, 3.8) is 0 Å². The first-order chi connectivity index (χ1) is 11.7. The molecule has 3 aromatic rings. The van der Waals surface area contributed by atoms with Gasteiger partial charge in [-0.15, -0.1) is 11.3 Å². The SMILES string of the molecule is Cc1ccc(NC(=O)c2sc3nc(C(F)(F)F)cc(C)c3c2N)cc1. The van der Waals surface area contributed by atoms with E-state index in [0.717, 1.165) is 23.0 Å². The molecule has 1 amide bonds. The molecule has 0 saturated heterocycles. The summed E-state index contributed by atoms with van der Waals surface area (Å²) in [6, 6.07) is 8.09. The molecule has 3 N–H and O–H groups in total. The van der Waals surface area contributed by atoms with Gasteiger partial charge in [-0.2, -0.15) is 13.2 Å². The Labute approximate surface area is 145 Å². The molecule has 0 atom stereocenters. The fourth-order valence-corrected chi connectivity index (χ4v) is 3.51. The number of hydrogen-bond acceptors (Lipinski definition) is 4. The van der Waals surface area contributed by atoms with Crippen LogP contribution >= 0.6 is 11.3 Å². The van der Waals surface area contributed by atoms with Crippen LogP contribution in [0.1, 0.15) is 26.5 Å². The van der Waals surface area contributed by atoms with E-state index < -0.39 is 17.8 Å². The summed E-state index contributed by atoms with van der Waals surface area (Å²) in [4.78, 5) is 16.3. The molecular weight excluding hydrogens is 351 g/mol. The van der Waals surface area contributed by atoms with Crippen LogP contribution < -0.4 is 11.1 Å². The van der Waals surface area contributed by atoms with Crippen LogP contribution in [0.5, 0.6) is 0 Å². The second-order valence-corrected chi connectivity index (χ2v) is 6.67. The molecule has 2 heterocycles. The molecule has 0 fully saturated rings. The van der Waals surface area contributed by atoms with Gasteiger partial charge in [-0.25, -0.2) is 4.98 Å². The maximum Gasteiger partial charge on any atom is 0.433 e. The number of anilines is 2. The molecule has 0 spiro atoms. The highest BCUT2D eigenvalue weighted by atomic mass is 32.1. The van der Waals surface area contributed by atoms with Gasteiger partial charge in [0.1, 0.15) is 15.4 Å². The highest BCUT2D eigenvalue weighted by Gasteiger charge is 2.34. The van der Waals surface area contributed by atoms with Gasteiger partial charge in [0.2, 0.25) is 0 Å². The summed E-state index contributed by atoms with van der Waals surface area (Å²) >= 11 is 0.851. The Kier molecular flexibility index (Phi) is 4.16. The van der Waals surface area contributed by atoms with Crippen molar-refractivity contribution in [1.29, 1.82) is 0 Å². The van der Waals surface area contributed by atoms with Gasteiger partial charge in [0.25, 0.3) is 5.91 Å². The Hall–Kier alpha value is -2.61. The average molecular weight is 365 g/mol. The maximum absolute atomic E-state index is 12.9. The number of thiophene rings is 1. The Morgan fingerprint density at radius 1 is 1.20 bits per heavy atom. The minimum Gasteiger partial charge on any atom is -0.397 e. The molecule has 0 bridgehead atoms. The van der Waals surface area contributed by atoms with Crippen molar-refractivity contribution in [1.82, 2.24) is 4.98 Å². The molecule has 0 aliphatic carbocycles. The Balaban J connectivity index is 2.02. The van der Waals surface area contributed by atoms with Gasteiger partial charge in [0.05, 0.1) is 5.69 Å². The zero-order chi connectivity index (χ0) is 18.4. The quantitative estimate of drug-likeness (QED) is 0.688. The Morgan fingerprint density at radius 2 is 1.84 bits per heavy atom. The van der Waals surface area contributed by atoms with Crippen LogP contribution in [0.15, 0.2) is 30.3 Å². The van der Waals surface area contributed by atoms with Crippen molar-refractivity contribution in [2.75, 3.05) is 11.1 Å². The lowest BCUT2D eigenvalue weighted by Crippen LogP contribution is -2.11. The second kappa shape index (κ2) is 6.03. The number of nitrogens with one attached hydrogen (secondary N) is 1. The number of benzene rings is 1. The molecule has 130 valence electrons. The molecule has 25 heavy (non-hydrogen) atoms. The van der Waals surface area contributed by atoms with E-state index in [-0.39, 0.29) is 15.4 Å². The first-order valence-electron chi connectivity index (χ1n) is 7.31. The fraction of sp³-hybridized carbons (Fsp3) is 0.176. The van der Waals surface area contributed by atoms with E-state index in [4.69, 9.17) is 5.73 Å². The number of halogens is 3. The average Bonchev–Trinajstić information content (AvgIpc) is 2.86. The maximum atomic E-state index is 12.9. The van der Waals surface area contributed by atoms with E-state index in [0.29, 0.717) is 16.6 Å². The van der Waals surface area contributed by atoms with Crippen LogP contribution in [0.4, 0.5) is 24.5 Å². The van der Waals surface area contributed by atoms with Crippen LogP contribution in [0, 0.1) is 13.8 Å². The minimum atomic E-state index is -4.55. The summed E-state index contributed by atoms with van der Waals surface area (Å²) in [5.41, 5.74) is 7.10. The van der Waals surface area contributed by atoms with E-state index in [9.17, 15) is 18.0 Å². The molecule has 2 aromatic heterocycles. The predicted molar refractivity (Wildman–Crippen MR) is 92.9 cm³/mol. The summed E-state index contributed by atoms with van der Waals surface area (Å²) in [6.07, 6.45) is -4.55. The van der Waals surface area contributed by atoms with Gasteiger partial charge in [-0.1, -0.05) is 17.7 Å². The highest BCUT2D eigenvalue weighted by Crippen LogP contribution is 2.38. The third-order valence-electron chi connectivity index (χ3n) is 3.70. The van der Waals surface area contributed by atoms with Crippen molar-refractivity contribution >= 4 is 38.8 Å². The van der Waals surface area contributed by atoms with Crippen molar-refractivity contribution < 1.29 is 18.0 Å². The van der Waals surface area contributed by atoms with Crippen LogP contribution in [-0.4, -0.2) is 10.9 Å². The number of carbonyl (C=O) groups excluding carboxylic acids is 1. The summed E-state index contributed by atoms with van der Waals surface area (Å²) < 4.78 is 38.7. The summed E-state index contributed by atoms with van der Waals surface area (Å²) in [5.74, 6) is -0.475. The first-order valence-corrected chi connectivity index (χ1v) is 8.13. The van der Waals surface area contributed by atoms with Gasteiger partial charge in [-0.05, 0) is 37.6 Å². The Bertz CT molecular complexity index is 962. The second-order valence-electron chi connectivity index (χ2n) is 5.67. The van der Waals surface area contributed by atoms with Gasteiger partial charge in [0.15, 0.2) is 0 Å². The number of rotatable bonds is 2. The number of carbonyl (C=O) groups is 1. The van der Waals surface area contributed by atoms with E-state index in [1.807, 2.05) is 19.1 Å². The zero-order valence-corrected chi connectivity index (χ0v) is 14.2. The number of nitrogen functional groups attached to an aromatic ring is 1. The first kappa shape index (κ1) is 17.2. The van der Waals surface area contributed by atoms with E-state index in [1.165, 1.54) is 6.92 Å². The normalized spacial score (nSPS) is 11.7. The fourth-order valence-electron chi connectivity index (χ4n) is 2.45. The van der Waals surface area contributed by atoms with E-state index >= 15 is 0 Å². The van der Waals surface area contributed by atoms with Crippen LogP contribution in [-0.2, 0) is 6.18 Å². The molecule has 0 aliphatic heterocycles. The van der Waals surface area contributed by atoms with Crippen molar-refractivity contribution in [3.05, 3.63) is 52.0 Å². The third-order valence-corrected chi connectivity index (χ3v) is 4.80. The van der Waals surface area contributed by atoms with Crippen LogP contribution in [0.2, 0.25) is 0 Å². The number of nitrogens with zero attached hydrogens (tertiary/aromatic N) is 1. The molecule has 1 aromatic carbocycles. The van der Waals surface area contributed by atoms with E-state index in [2.05, 4.69) is 10.3 Å². The van der Waals surface area contributed by atoms with Gasteiger partial charge in [0, 0.05) is 11.1 Å². The largest absolute Gasteiger partial charge is 0.433 e. The third kappa shape index (κ3) is 3.30. The van der Waals surface area contributed by atoms with Crippen molar-refractivity contribution in [3.8, 4) is 0 Å². The monoisotopic (exact) mass is 365 g/mol. The number of fused-ring (bicyclic) bond motifs is 1. The number of alkyl halides is 3. The van der Waals surface area contributed by atoms with Crippen LogP contribution in [0.25, 0.3) is 10.2 Å². The number of pyridine rings is 1. The summed E-state index contributed by atoms with van der Waals surface area (Å²) in [6.45, 7) is 3.44. The number of hydrogen-bond donors (Lipinski definition) is 2. The topological polar surface area (TPSA) is 68.0 Å². The molecule has 0 saturated carbocycles. The lowest BCUT2D eigenvalue weighted by Gasteiger charge is -2.07. The van der Waals surface area contributed by atoms with Gasteiger partial charge in [-0.3, -0.25) is 4.79 Å². The van der Waals surface area contributed by atoms with Gasteiger partial charge < -0.3 is 11.1 Å². The standard InChI is InChI=1S/C17H14F3N3OS/c1-8-3-5-10(6-4-8)22-15(24)14-13(21)12-9(2)7-11(17(18,19)20)23-16(12)25-14/h3-7H,21H2,1-2H3,(H,22,24). The lowest BCUT2D eigenvalue weighted by molar-refractivity contribution is -0.141. The summed E-state index contributed by atoms with van der Waals surface area (Å²) in [5, 5.41) is 3.07. The van der Waals surface area contributed by atoms with Crippen molar-refractivity contribution in [2.45, 2.75) is 20.0 Å². The number of aryl methyl sites for hydroxylation is 2. The molecule has 4 nitrogen and oxygen atoms in total. The molecule has 3 rings (SSSR count). The highest BCUT2D eigenvalue weighted by molar-refractivity contribution is 7.21. The molecule has 0 aliphatic rings. The van der Waals surface area contributed by atoms with Crippen molar-refractivity contribution in [2.24, 2.45) is 0 Å². The molecule has 0 unspecified atom stereocenters. The number of nitrogens with two attached hydrogens (primary N) is 1. The minimum absolute atomic E-state index is 0.0962. The Morgan fingerprint density at radius 3 is 2.44 bits per heavy atom. The van der Waals surface area contributed by atoms with Crippen LogP contribution in [0.3, 0.4) is 0 Å². The molecule has 0 radical (unpaired) electrons. The molecular formula is C17H14F3N3OS.